The first-order valence-corrected chi connectivity index (χ1v) is 6.54. The standard InChI is InChI=1S/C11H16BrNOS/c1-7(2)6-13(4)11(14)9-5-8(3)10(12)15-9/h5,7H,6H2,1-4H3. The van der Waals surface area contributed by atoms with Crippen molar-refractivity contribution in [2.75, 3.05) is 13.6 Å². The molecule has 0 saturated carbocycles. The van der Waals surface area contributed by atoms with E-state index in [0.29, 0.717) is 5.92 Å². The van der Waals surface area contributed by atoms with Crippen LogP contribution in [0.5, 0.6) is 0 Å². The van der Waals surface area contributed by atoms with Crippen LogP contribution < -0.4 is 0 Å². The van der Waals surface area contributed by atoms with Crippen LogP contribution in [0.3, 0.4) is 0 Å². The summed E-state index contributed by atoms with van der Waals surface area (Å²) in [6, 6.07) is 1.94. The molecule has 0 N–H and O–H groups in total. The molecule has 0 bridgehead atoms. The molecule has 0 aliphatic rings. The van der Waals surface area contributed by atoms with Crippen LogP contribution in [0.1, 0.15) is 29.1 Å². The van der Waals surface area contributed by atoms with Crippen LogP contribution in [0.4, 0.5) is 0 Å². The number of carbonyl (C=O) groups excluding carboxylic acids is 1. The van der Waals surface area contributed by atoms with Gasteiger partial charge in [0, 0.05) is 13.6 Å². The molecule has 15 heavy (non-hydrogen) atoms. The van der Waals surface area contributed by atoms with E-state index < -0.39 is 0 Å². The third-order valence-electron chi connectivity index (χ3n) is 2.05. The molecule has 0 radical (unpaired) electrons. The van der Waals surface area contributed by atoms with Crippen molar-refractivity contribution in [2.45, 2.75) is 20.8 Å². The predicted octanol–water partition coefficient (Wildman–Crippen LogP) is 3.55. The Kier molecular flexibility index (Phi) is 4.34. The average molecular weight is 290 g/mol. The highest BCUT2D eigenvalue weighted by Crippen LogP contribution is 2.28. The lowest BCUT2D eigenvalue weighted by Crippen LogP contribution is -2.29. The normalized spacial score (nSPS) is 10.8. The molecule has 0 atom stereocenters. The Morgan fingerprint density at radius 3 is 2.60 bits per heavy atom. The molecule has 1 aromatic rings. The van der Waals surface area contributed by atoms with Crippen LogP contribution >= 0.6 is 27.3 Å². The van der Waals surface area contributed by atoms with E-state index in [9.17, 15) is 4.79 Å². The third-order valence-corrected chi connectivity index (χ3v) is 4.18. The van der Waals surface area contributed by atoms with Gasteiger partial charge in [0.15, 0.2) is 0 Å². The second kappa shape index (κ2) is 5.12. The first-order valence-electron chi connectivity index (χ1n) is 4.93. The summed E-state index contributed by atoms with van der Waals surface area (Å²) < 4.78 is 1.05. The van der Waals surface area contributed by atoms with Crippen molar-refractivity contribution in [3.05, 3.63) is 20.3 Å². The Morgan fingerprint density at radius 2 is 2.20 bits per heavy atom. The fourth-order valence-corrected chi connectivity index (χ4v) is 2.91. The zero-order chi connectivity index (χ0) is 11.6. The van der Waals surface area contributed by atoms with Crippen molar-refractivity contribution >= 4 is 33.2 Å². The molecular weight excluding hydrogens is 274 g/mol. The minimum atomic E-state index is 0.113. The Morgan fingerprint density at radius 1 is 1.60 bits per heavy atom. The van der Waals surface area contributed by atoms with Gasteiger partial charge in [0.25, 0.3) is 5.91 Å². The summed E-state index contributed by atoms with van der Waals surface area (Å²) in [7, 11) is 1.85. The van der Waals surface area contributed by atoms with Gasteiger partial charge in [-0.05, 0) is 40.4 Å². The van der Waals surface area contributed by atoms with Gasteiger partial charge in [-0.15, -0.1) is 11.3 Å². The van der Waals surface area contributed by atoms with Gasteiger partial charge in [-0.3, -0.25) is 4.79 Å². The van der Waals surface area contributed by atoms with E-state index in [-0.39, 0.29) is 5.91 Å². The number of aryl methyl sites for hydroxylation is 1. The highest BCUT2D eigenvalue weighted by Gasteiger charge is 2.16. The van der Waals surface area contributed by atoms with E-state index in [1.807, 2.05) is 20.0 Å². The summed E-state index contributed by atoms with van der Waals surface area (Å²) in [5.41, 5.74) is 1.13. The molecule has 0 fully saturated rings. The molecule has 84 valence electrons. The molecule has 0 unspecified atom stereocenters. The summed E-state index contributed by atoms with van der Waals surface area (Å²) in [5.74, 6) is 0.617. The zero-order valence-electron chi connectivity index (χ0n) is 9.50. The smallest absolute Gasteiger partial charge is 0.263 e. The van der Waals surface area contributed by atoms with Crippen LogP contribution in [0.15, 0.2) is 9.85 Å². The van der Waals surface area contributed by atoms with Gasteiger partial charge in [-0.25, -0.2) is 0 Å². The van der Waals surface area contributed by atoms with Crippen molar-refractivity contribution in [1.29, 1.82) is 0 Å². The summed E-state index contributed by atoms with van der Waals surface area (Å²) in [6.45, 7) is 7.02. The lowest BCUT2D eigenvalue weighted by atomic mass is 10.2. The highest BCUT2D eigenvalue weighted by molar-refractivity contribution is 9.11. The molecular formula is C11H16BrNOS. The first-order chi connectivity index (χ1) is 6.91. The van der Waals surface area contributed by atoms with Crippen molar-refractivity contribution in [2.24, 2.45) is 5.92 Å². The molecule has 0 saturated heterocycles. The quantitative estimate of drug-likeness (QED) is 0.833. The number of halogens is 1. The van der Waals surface area contributed by atoms with Crippen molar-refractivity contribution in [3.63, 3.8) is 0 Å². The number of hydrogen-bond acceptors (Lipinski definition) is 2. The topological polar surface area (TPSA) is 20.3 Å². The minimum absolute atomic E-state index is 0.113. The summed E-state index contributed by atoms with van der Waals surface area (Å²) >= 11 is 4.94. The molecule has 2 nitrogen and oxygen atoms in total. The van der Waals surface area contributed by atoms with E-state index >= 15 is 0 Å². The largest absolute Gasteiger partial charge is 0.341 e. The van der Waals surface area contributed by atoms with E-state index in [4.69, 9.17) is 0 Å². The van der Waals surface area contributed by atoms with Gasteiger partial charge >= 0.3 is 0 Å². The summed E-state index contributed by atoms with van der Waals surface area (Å²) in [6.07, 6.45) is 0. The molecule has 1 heterocycles. The number of rotatable bonds is 3. The summed E-state index contributed by atoms with van der Waals surface area (Å²) in [5, 5.41) is 0. The van der Waals surface area contributed by atoms with Gasteiger partial charge in [0.05, 0.1) is 8.66 Å². The highest BCUT2D eigenvalue weighted by atomic mass is 79.9. The maximum Gasteiger partial charge on any atom is 0.263 e. The molecule has 0 aromatic carbocycles. The first kappa shape index (κ1) is 12.7. The molecule has 1 rings (SSSR count). The minimum Gasteiger partial charge on any atom is -0.341 e. The predicted molar refractivity (Wildman–Crippen MR) is 68.6 cm³/mol. The molecule has 1 aromatic heterocycles. The average Bonchev–Trinajstić information content (AvgIpc) is 2.44. The Balaban J connectivity index is 2.76. The lowest BCUT2D eigenvalue weighted by Gasteiger charge is -2.18. The molecule has 1 amide bonds. The molecule has 0 aliphatic heterocycles. The van der Waals surface area contributed by atoms with Crippen LogP contribution in [-0.4, -0.2) is 24.4 Å². The van der Waals surface area contributed by atoms with Gasteiger partial charge in [0.2, 0.25) is 0 Å². The van der Waals surface area contributed by atoms with E-state index in [0.717, 1.165) is 20.8 Å². The summed E-state index contributed by atoms with van der Waals surface area (Å²) in [4.78, 5) is 14.5. The van der Waals surface area contributed by atoms with Crippen LogP contribution in [0.25, 0.3) is 0 Å². The van der Waals surface area contributed by atoms with Gasteiger partial charge in [-0.2, -0.15) is 0 Å². The van der Waals surface area contributed by atoms with Crippen molar-refractivity contribution in [1.82, 2.24) is 4.90 Å². The second-order valence-electron chi connectivity index (χ2n) is 4.15. The molecule has 4 heteroatoms. The Labute approximate surface area is 103 Å². The van der Waals surface area contributed by atoms with Gasteiger partial charge < -0.3 is 4.90 Å². The fourth-order valence-electron chi connectivity index (χ4n) is 1.38. The SMILES string of the molecule is Cc1cc(C(=O)N(C)CC(C)C)sc1Br. The second-order valence-corrected chi connectivity index (χ2v) is 6.52. The van der Waals surface area contributed by atoms with Crippen LogP contribution in [-0.2, 0) is 0 Å². The number of carbonyl (C=O) groups is 1. The monoisotopic (exact) mass is 289 g/mol. The van der Waals surface area contributed by atoms with E-state index in [2.05, 4.69) is 29.8 Å². The Hall–Kier alpha value is -0.350. The number of nitrogens with zero attached hydrogens (tertiary/aromatic N) is 1. The van der Waals surface area contributed by atoms with Gasteiger partial charge in [-0.1, -0.05) is 13.8 Å². The molecule has 0 aliphatic carbocycles. The lowest BCUT2D eigenvalue weighted by molar-refractivity contribution is 0.0784. The van der Waals surface area contributed by atoms with E-state index in [1.165, 1.54) is 11.3 Å². The number of thiophene rings is 1. The van der Waals surface area contributed by atoms with Crippen molar-refractivity contribution in [3.8, 4) is 0 Å². The Bertz CT molecular complexity index is 340. The van der Waals surface area contributed by atoms with Gasteiger partial charge in [0.1, 0.15) is 0 Å². The zero-order valence-corrected chi connectivity index (χ0v) is 11.9. The van der Waals surface area contributed by atoms with E-state index in [1.54, 1.807) is 4.90 Å². The van der Waals surface area contributed by atoms with Crippen molar-refractivity contribution < 1.29 is 4.79 Å². The molecule has 0 spiro atoms. The maximum absolute atomic E-state index is 12.0. The fraction of sp³-hybridized carbons (Fsp3) is 0.545. The maximum atomic E-state index is 12.0. The van der Waals surface area contributed by atoms with Crippen LogP contribution in [0.2, 0.25) is 0 Å². The third kappa shape index (κ3) is 3.31. The number of amides is 1. The number of hydrogen-bond donors (Lipinski definition) is 0. The van der Waals surface area contributed by atoms with Crippen LogP contribution in [0, 0.1) is 12.8 Å².